The predicted octanol–water partition coefficient (Wildman–Crippen LogP) is 6.59. The van der Waals surface area contributed by atoms with Crippen molar-refractivity contribution >= 4 is 16.5 Å². The highest BCUT2D eigenvalue weighted by molar-refractivity contribution is 6.91. The van der Waals surface area contributed by atoms with E-state index < -0.39 is 16.5 Å². The average molecular weight is 370 g/mol. The van der Waals surface area contributed by atoms with Crippen molar-refractivity contribution in [1.29, 1.82) is 0 Å². The Hall–Kier alpha value is -1.17. The highest BCUT2D eigenvalue weighted by Crippen LogP contribution is 2.29. The van der Waals surface area contributed by atoms with Crippen LogP contribution in [0.5, 0.6) is 0 Å². The van der Waals surface area contributed by atoms with Crippen LogP contribution in [0.1, 0.15) is 36.8 Å². The Labute approximate surface area is 157 Å². The Morgan fingerprint density at radius 2 is 0.960 bits per heavy atom. The van der Waals surface area contributed by atoms with E-state index in [9.17, 15) is 0 Å². The molecule has 0 saturated carbocycles. The largest absolute Gasteiger partial charge is 0.359 e. The summed E-state index contributed by atoms with van der Waals surface area (Å²) in [6.45, 7) is 14.8. The Bertz CT molecular complexity index is 580. The Kier molecular flexibility index (Phi) is 6.83. The van der Waals surface area contributed by atoms with E-state index in [1.54, 1.807) is 0 Å². The van der Waals surface area contributed by atoms with Crippen molar-refractivity contribution < 1.29 is 0 Å². The standard InChI is InChI=1S/C22H35NSi2/c1-19(21-13-9-7-10-14-21)17-24(3,4)23-25(5,6)18-20(2)22-15-11-8-12-16-22/h7-16,19-20,23H,17-18H2,1-6H3. The van der Waals surface area contributed by atoms with E-state index in [0.29, 0.717) is 11.8 Å². The molecule has 0 aliphatic rings. The molecule has 1 N–H and O–H groups in total. The zero-order chi connectivity index (χ0) is 18.5. The molecule has 0 amide bonds. The first kappa shape index (κ1) is 20.1. The number of hydrogen-bond acceptors (Lipinski definition) is 1. The first-order chi connectivity index (χ1) is 11.7. The third-order valence-corrected chi connectivity index (χ3v) is 13.7. The summed E-state index contributed by atoms with van der Waals surface area (Å²) in [5.41, 5.74) is 2.95. The fourth-order valence-electron chi connectivity index (χ4n) is 4.35. The summed E-state index contributed by atoms with van der Waals surface area (Å²) in [4.78, 5) is 0. The molecule has 0 saturated heterocycles. The number of nitrogens with one attached hydrogen (secondary N) is 1. The van der Waals surface area contributed by atoms with Crippen molar-refractivity contribution in [1.82, 2.24) is 4.65 Å². The second-order valence-electron chi connectivity index (χ2n) is 8.92. The van der Waals surface area contributed by atoms with E-state index in [2.05, 4.69) is 105 Å². The van der Waals surface area contributed by atoms with Crippen LogP contribution in [-0.4, -0.2) is 16.5 Å². The molecule has 136 valence electrons. The molecule has 0 radical (unpaired) electrons. The van der Waals surface area contributed by atoms with Crippen molar-refractivity contribution in [3.63, 3.8) is 0 Å². The molecule has 2 rings (SSSR count). The predicted molar refractivity (Wildman–Crippen MR) is 117 cm³/mol. The zero-order valence-electron chi connectivity index (χ0n) is 16.8. The Morgan fingerprint density at radius 3 is 1.28 bits per heavy atom. The van der Waals surface area contributed by atoms with Crippen LogP contribution in [0.2, 0.25) is 38.3 Å². The van der Waals surface area contributed by atoms with Gasteiger partial charge in [0.25, 0.3) is 0 Å². The van der Waals surface area contributed by atoms with Gasteiger partial charge in [0.1, 0.15) is 16.5 Å². The van der Waals surface area contributed by atoms with Gasteiger partial charge >= 0.3 is 0 Å². The van der Waals surface area contributed by atoms with Crippen LogP contribution in [0.15, 0.2) is 60.7 Å². The smallest absolute Gasteiger partial charge is 0.113 e. The Balaban J connectivity index is 1.97. The van der Waals surface area contributed by atoms with Gasteiger partial charge in [-0.3, -0.25) is 0 Å². The van der Waals surface area contributed by atoms with Crippen LogP contribution >= 0.6 is 0 Å². The lowest BCUT2D eigenvalue weighted by Crippen LogP contribution is -2.59. The third kappa shape index (κ3) is 6.57. The summed E-state index contributed by atoms with van der Waals surface area (Å²) >= 11 is 0. The lowest BCUT2D eigenvalue weighted by molar-refractivity contribution is 0.821. The third-order valence-electron chi connectivity index (χ3n) is 5.05. The summed E-state index contributed by atoms with van der Waals surface area (Å²) in [6.07, 6.45) is 0. The molecule has 1 nitrogen and oxygen atoms in total. The topological polar surface area (TPSA) is 12.0 Å². The maximum Gasteiger partial charge on any atom is 0.113 e. The maximum atomic E-state index is 4.21. The monoisotopic (exact) mass is 369 g/mol. The summed E-state index contributed by atoms with van der Waals surface area (Å²) in [6, 6.07) is 24.6. The van der Waals surface area contributed by atoms with E-state index in [0.717, 1.165) is 0 Å². The van der Waals surface area contributed by atoms with Gasteiger partial charge in [-0.25, -0.2) is 0 Å². The fourth-order valence-corrected chi connectivity index (χ4v) is 16.0. The van der Waals surface area contributed by atoms with Gasteiger partial charge in [-0.2, -0.15) is 0 Å². The zero-order valence-corrected chi connectivity index (χ0v) is 18.8. The van der Waals surface area contributed by atoms with Gasteiger partial charge in [0.05, 0.1) is 0 Å². The van der Waals surface area contributed by atoms with Crippen LogP contribution in [0.4, 0.5) is 0 Å². The molecule has 0 bridgehead atoms. The number of hydrogen-bond donors (Lipinski definition) is 1. The van der Waals surface area contributed by atoms with Gasteiger partial charge < -0.3 is 4.65 Å². The molecule has 0 aliphatic heterocycles. The van der Waals surface area contributed by atoms with Crippen molar-refractivity contribution in [2.75, 3.05) is 0 Å². The van der Waals surface area contributed by atoms with Crippen LogP contribution in [0.25, 0.3) is 0 Å². The summed E-state index contributed by atoms with van der Waals surface area (Å²) in [5.74, 6) is 1.26. The molecule has 0 spiro atoms. The second kappa shape index (κ2) is 8.48. The van der Waals surface area contributed by atoms with Gasteiger partial charge in [-0.1, -0.05) is 101 Å². The van der Waals surface area contributed by atoms with Crippen LogP contribution in [0.3, 0.4) is 0 Å². The molecule has 3 heteroatoms. The van der Waals surface area contributed by atoms with E-state index >= 15 is 0 Å². The molecular formula is C22H35NSi2. The highest BCUT2D eigenvalue weighted by atomic mass is 28.4. The molecule has 0 fully saturated rings. The van der Waals surface area contributed by atoms with Gasteiger partial charge in [-0.15, -0.1) is 0 Å². The molecule has 0 aliphatic carbocycles. The molecule has 2 atom stereocenters. The highest BCUT2D eigenvalue weighted by Gasteiger charge is 2.33. The number of rotatable bonds is 8. The minimum absolute atomic E-state index is 0.631. The fraction of sp³-hybridized carbons (Fsp3) is 0.455. The van der Waals surface area contributed by atoms with E-state index in [1.807, 2.05) is 0 Å². The minimum Gasteiger partial charge on any atom is -0.359 e. The average Bonchev–Trinajstić information content (AvgIpc) is 2.54. The first-order valence-corrected chi connectivity index (χ1v) is 16.0. The molecule has 0 heterocycles. The van der Waals surface area contributed by atoms with Crippen LogP contribution in [0, 0.1) is 0 Å². The molecule has 0 aromatic heterocycles. The first-order valence-electron chi connectivity index (χ1n) is 9.58. The lowest BCUT2D eigenvalue weighted by Gasteiger charge is -2.37. The van der Waals surface area contributed by atoms with Crippen LogP contribution in [-0.2, 0) is 0 Å². The van der Waals surface area contributed by atoms with Gasteiger partial charge in [0.2, 0.25) is 0 Å². The molecule has 2 aromatic rings. The number of benzene rings is 2. The van der Waals surface area contributed by atoms with Gasteiger partial charge in [-0.05, 0) is 35.1 Å². The minimum atomic E-state index is -1.44. The van der Waals surface area contributed by atoms with E-state index in [-0.39, 0.29) is 0 Å². The van der Waals surface area contributed by atoms with Crippen molar-refractivity contribution in [2.24, 2.45) is 0 Å². The molecule has 25 heavy (non-hydrogen) atoms. The summed E-state index contributed by atoms with van der Waals surface area (Å²) in [5, 5.41) is 0. The van der Waals surface area contributed by atoms with Gasteiger partial charge in [0, 0.05) is 0 Å². The van der Waals surface area contributed by atoms with Crippen molar-refractivity contribution in [2.45, 2.75) is 64.0 Å². The molecule has 2 aromatic carbocycles. The van der Waals surface area contributed by atoms with Crippen molar-refractivity contribution in [3.05, 3.63) is 71.8 Å². The normalized spacial score (nSPS) is 15.0. The molecule has 2 unspecified atom stereocenters. The molecular weight excluding hydrogens is 334 g/mol. The second-order valence-corrected chi connectivity index (χ2v) is 18.3. The van der Waals surface area contributed by atoms with E-state index in [4.69, 9.17) is 0 Å². The quantitative estimate of drug-likeness (QED) is 0.517. The Morgan fingerprint density at radius 1 is 0.640 bits per heavy atom. The summed E-state index contributed by atoms with van der Waals surface area (Å²) in [7, 11) is -2.88. The van der Waals surface area contributed by atoms with Gasteiger partial charge in [0.15, 0.2) is 0 Å². The van der Waals surface area contributed by atoms with Crippen LogP contribution < -0.4 is 4.65 Å². The summed E-state index contributed by atoms with van der Waals surface area (Å²) < 4.78 is 4.21. The maximum absolute atomic E-state index is 4.21. The SMILES string of the molecule is CC(C[Si](C)(C)N[Si](C)(C)CC(C)c1ccccc1)c1ccccc1. The lowest BCUT2D eigenvalue weighted by atomic mass is 10.0. The van der Waals surface area contributed by atoms with Crippen molar-refractivity contribution in [3.8, 4) is 0 Å². The van der Waals surface area contributed by atoms with E-state index in [1.165, 1.54) is 23.2 Å².